The zero-order chi connectivity index (χ0) is 12.3. The van der Waals surface area contributed by atoms with Gasteiger partial charge in [-0.2, -0.15) is 0 Å². The average molecular weight is 238 g/mol. The summed E-state index contributed by atoms with van der Waals surface area (Å²) in [7, 11) is 0. The number of hydrogen-bond acceptors (Lipinski definition) is 3. The van der Waals surface area contributed by atoms with Crippen molar-refractivity contribution < 1.29 is 14.3 Å². The van der Waals surface area contributed by atoms with Gasteiger partial charge in [-0.3, -0.25) is 4.79 Å². The van der Waals surface area contributed by atoms with Crippen LogP contribution in [-0.2, 0) is 14.3 Å². The van der Waals surface area contributed by atoms with Gasteiger partial charge in [-0.1, -0.05) is 20.8 Å². The second-order valence-electron chi connectivity index (χ2n) is 6.60. The standard InChI is InChI=1S/C14H22O3/c1-12(2)10-4-5-11(15)13(10,3)6-7-14(12)16-8-9-17-14/h10H,4-9H2,1-3H3/t10-,13-/m0/s1. The van der Waals surface area contributed by atoms with Crippen molar-refractivity contribution in [1.29, 1.82) is 0 Å². The third kappa shape index (κ3) is 1.27. The zero-order valence-electron chi connectivity index (χ0n) is 11.0. The predicted molar refractivity (Wildman–Crippen MR) is 63.5 cm³/mol. The number of hydrogen-bond donors (Lipinski definition) is 0. The molecule has 1 heterocycles. The lowest BCUT2D eigenvalue weighted by molar-refractivity contribution is -0.276. The second kappa shape index (κ2) is 3.33. The lowest BCUT2D eigenvalue weighted by atomic mass is 9.55. The fourth-order valence-corrected chi connectivity index (χ4v) is 4.53. The van der Waals surface area contributed by atoms with Gasteiger partial charge in [0.2, 0.25) is 0 Å². The summed E-state index contributed by atoms with van der Waals surface area (Å²) in [4.78, 5) is 12.1. The summed E-state index contributed by atoms with van der Waals surface area (Å²) in [6, 6.07) is 0. The Kier molecular flexibility index (Phi) is 2.28. The average Bonchev–Trinajstić information content (AvgIpc) is 2.84. The highest BCUT2D eigenvalue weighted by atomic mass is 16.7. The van der Waals surface area contributed by atoms with Crippen LogP contribution >= 0.6 is 0 Å². The molecule has 1 aliphatic heterocycles. The van der Waals surface area contributed by atoms with Crippen LogP contribution in [0.5, 0.6) is 0 Å². The van der Waals surface area contributed by atoms with Crippen molar-refractivity contribution in [3.05, 3.63) is 0 Å². The minimum absolute atomic E-state index is 0.0668. The third-order valence-electron chi connectivity index (χ3n) is 5.65. The van der Waals surface area contributed by atoms with Gasteiger partial charge in [0, 0.05) is 23.7 Å². The molecule has 0 N–H and O–H groups in total. The normalized spacial score (nSPS) is 43.0. The lowest BCUT2D eigenvalue weighted by Crippen LogP contribution is -2.58. The third-order valence-corrected chi connectivity index (χ3v) is 5.65. The van der Waals surface area contributed by atoms with Gasteiger partial charge >= 0.3 is 0 Å². The second-order valence-corrected chi connectivity index (χ2v) is 6.60. The van der Waals surface area contributed by atoms with E-state index in [1.165, 1.54) is 0 Å². The van der Waals surface area contributed by atoms with E-state index in [4.69, 9.17) is 9.47 Å². The van der Waals surface area contributed by atoms with Crippen molar-refractivity contribution in [3.63, 3.8) is 0 Å². The molecule has 1 spiro atoms. The van der Waals surface area contributed by atoms with Crippen LogP contribution in [0, 0.1) is 16.7 Å². The molecule has 0 unspecified atom stereocenters. The van der Waals surface area contributed by atoms with Gasteiger partial charge in [-0.25, -0.2) is 0 Å². The van der Waals surface area contributed by atoms with E-state index in [0.29, 0.717) is 24.9 Å². The molecule has 0 bridgehead atoms. The minimum atomic E-state index is -0.429. The number of ketones is 1. The fraction of sp³-hybridized carbons (Fsp3) is 0.929. The molecular formula is C14H22O3. The quantitative estimate of drug-likeness (QED) is 0.650. The number of rotatable bonds is 0. The summed E-state index contributed by atoms with van der Waals surface area (Å²) < 4.78 is 11.9. The fourth-order valence-electron chi connectivity index (χ4n) is 4.53. The molecule has 3 aliphatic rings. The van der Waals surface area contributed by atoms with Gasteiger partial charge < -0.3 is 9.47 Å². The van der Waals surface area contributed by atoms with E-state index < -0.39 is 5.79 Å². The van der Waals surface area contributed by atoms with E-state index in [1.54, 1.807) is 0 Å². The summed E-state index contributed by atoms with van der Waals surface area (Å²) >= 11 is 0. The molecule has 0 aromatic carbocycles. The summed E-state index contributed by atoms with van der Waals surface area (Å²) in [6.07, 6.45) is 3.51. The van der Waals surface area contributed by atoms with Crippen LogP contribution in [0.25, 0.3) is 0 Å². The maximum absolute atomic E-state index is 12.1. The molecule has 2 atom stereocenters. The van der Waals surface area contributed by atoms with Crippen LogP contribution < -0.4 is 0 Å². The molecule has 2 saturated carbocycles. The SMILES string of the molecule is CC1(C)[C@@H]2CCC(=O)[C@@]2(C)CCC12OCCO2. The van der Waals surface area contributed by atoms with Gasteiger partial charge in [0.1, 0.15) is 5.78 Å². The van der Waals surface area contributed by atoms with Crippen LogP contribution in [0.15, 0.2) is 0 Å². The summed E-state index contributed by atoms with van der Waals surface area (Å²) in [5.41, 5.74) is -0.202. The Morgan fingerprint density at radius 3 is 2.41 bits per heavy atom. The monoisotopic (exact) mass is 238 g/mol. The Morgan fingerprint density at radius 2 is 1.76 bits per heavy atom. The molecule has 3 fully saturated rings. The first-order valence-corrected chi connectivity index (χ1v) is 6.74. The smallest absolute Gasteiger partial charge is 0.173 e. The minimum Gasteiger partial charge on any atom is -0.347 e. The van der Waals surface area contributed by atoms with Crippen LogP contribution in [0.4, 0.5) is 0 Å². The highest BCUT2D eigenvalue weighted by Crippen LogP contribution is 2.63. The maximum Gasteiger partial charge on any atom is 0.173 e. The highest BCUT2D eigenvalue weighted by Gasteiger charge is 2.65. The molecule has 3 nitrogen and oxygen atoms in total. The lowest BCUT2D eigenvalue weighted by Gasteiger charge is -2.55. The first kappa shape index (κ1) is 11.7. The van der Waals surface area contributed by atoms with Gasteiger partial charge in [0.15, 0.2) is 5.79 Å². The number of carbonyl (C=O) groups excluding carboxylic acids is 1. The molecule has 17 heavy (non-hydrogen) atoms. The van der Waals surface area contributed by atoms with E-state index in [1.807, 2.05) is 0 Å². The molecule has 2 aliphatic carbocycles. The van der Waals surface area contributed by atoms with Crippen molar-refractivity contribution in [1.82, 2.24) is 0 Å². The topological polar surface area (TPSA) is 35.5 Å². The number of ether oxygens (including phenoxy) is 2. The number of fused-ring (bicyclic) bond motifs is 1. The van der Waals surface area contributed by atoms with Gasteiger partial charge in [-0.15, -0.1) is 0 Å². The first-order valence-electron chi connectivity index (χ1n) is 6.74. The van der Waals surface area contributed by atoms with Crippen LogP contribution in [0.1, 0.15) is 46.5 Å². The molecule has 0 aromatic rings. The van der Waals surface area contributed by atoms with Crippen molar-refractivity contribution >= 4 is 5.78 Å². The summed E-state index contributed by atoms with van der Waals surface area (Å²) in [6.45, 7) is 7.98. The van der Waals surface area contributed by atoms with E-state index in [0.717, 1.165) is 25.7 Å². The van der Waals surface area contributed by atoms with Gasteiger partial charge in [0.25, 0.3) is 0 Å². The molecule has 0 amide bonds. The van der Waals surface area contributed by atoms with E-state index >= 15 is 0 Å². The zero-order valence-corrected chi connectivity index (χ0v) is 11.0. The molecule has 96 valence electrons. The van der Waals surface area contributed by atoms with Crippen LogP contribution in [0.3, 0.4) is 0 Å². The van der Waals surface area contributed by atoms with Crippen LogP contribution in [0.2, 0.25) is 0 Å². The van der Waals surface area contributed by atoms with Crippen LogP contribution in [-0.4, -0.2) is 24.8 Å². The largest absolute Gasteiger partial charge is 0.347 e. The van der Waals surface area contributed by atoms with Crippen molar-refractivity contribution in [3.8, 4) is 0 Å². The van der Waals surface area contributed by atoms with E-state index in [9.17, 15) is 4.79 Å². The number of Topliss-reactive ketones (excluding diaryl/α,β-unsaturated/α-hetero) is 1. The summed E-state index contributed by atoms with van der Waals surface area (Å²) in [5.74, 6) is 0.416. The van der Waals surface area contributed by atoms with E-state index in [-0.39, 0.29) is 10.8 Å². The molecule has 3 rings (SSSR count). The first-order chi connectivity index (χ1) is 7.92. The Bertz CT molecular complexity index is 354. The van der Waals surface area contributed by atoms with E-state index in [2.05, 4.69) is 20.8 Å². The molecular weight excluding hydrogens is 216 g/mol. The molecule has 1 saturated heterocycles. The van der Waals surface area contributed by atoms with Crippen molar-refractivity contribution in [2.75, 3.05) is 13.2 Å². The van der Waals surface area contributed by atoms with Gasteiger partial charge in [0.05, 0.1) is 13.2 Å². The Morgan fingerprint density at radius 1 is 1.12 bits per heavy atom. The Hall–Kier alpha value is -0.410. The predicted octanol–water partition coefficient (Wildman–Crippen LogP) is 2.53. The maximum atomic E-state index is 12.1. The Labute approximate surface area is 103 Å². The molecule has 0 radical (unpaired) electrons. The van der Waals surface area contributed by atoms with Crippen molar-refractivity contribution in [2.24, 2.45) is 16.7 Å². The van der Waals surface area contributed by atoms with Crippen molar-refractivity contribution in [2.45, 2.75) is 52.2 Å². The number of carbonyl (C=O) groups is 1. The molecule has 0 aromatic heterocycles. The summed E-state index contributed by atoms with van der Waals surface area (Å²) in [5, 5.41) is 0. The Balaban J connectivity index is 2.00. The molecule has 3 heteroatoms. The highest BCUT2D eigenvalue weighted by molar-refractivity contribution is 5.87. The van der Waals surface area contributed by atoms with Gasteiger partial charge in [-0.05, 0) is 18.8 Å².